The summed E-state index contributed by atoms with van der Waals surface area (Å²) in [6.45, 7) is 9.88. The lowest BCUT2D eigenvalue weighted by Crippen LogP contribution is -2.42. The predicted octanol–water partition coefficient (Wildman–Crippen LogP) is 8.30. The maximum atomic E-state index is 4.21. The van der Waals surface area contributed by atoms with E-state index in [2.05, 4.69) is 110 Å². The first kappa shape index (κ1) is 21.9. The lowest BCUT2D eigenvalue weighted by atomic mass is 10.0. The molecule has 0 saturated carbocycles. The van der Waals surface area contributed by atoms with Gasteiger partial charge in [-0.15, -0.1) is 0 Å². The molecule has 0 bridgehead atoms. The second kappa shape index (κ2) is 8.28. The van der Waals surface area contributed by atoms with Crippen LogP contribution >= 0.6 is 0 Å². The van der Waals surface area contributed by atoms with Gasteiger partial charge in [0.05, 0.1) is 8.07 Å². The summed E-state index contributed by atoms with van der Waals surface area (Å²) in [6, 6.07) is 22.4. The van der Waals surface area contributed by atoms with E-state index in [1.807, 2.05) is 24.8 Å². The van der Waals surface area contributed by atoms with Crippen LogP contribution < -0.4 is 0 Å². The molecule has 2 aromatic heterocycles. The first-order chi connectivity index (χ1) is 16.9. The van der Waals surface area contributed by atoms with E-state index < -0.39 is 8.07 Å². The zero-order valence-electron chi connectivity index (χ0n) is 20.8. The molecule has 6 rings (SSSR count). The molecule has 2 aliphatic carbocycles. The van der Waals surface area contributed by atoms with Gasteiger partial charge >= 0.3 is 0 Å². The van der Waals surface area contributed by atoms with Gasteiger partial charge in [-0.05, 0) is 82.6 Å². The molecule has 0 saturated heterocycles. The van der Waals surface area contributed by atoms with Crippen molar-refractivity contribution in [2.45, 2.75) is 38.0 Å². The summed E-state index contributed by atoms with van der Waals surface area (Å²) >= 11 is 0. The third kappa shape index (κ3) is 3.62. The Morgan fingerprint density at radius 2 is 0.943 bits per heavy atom. The third-order valence-corrected chi connectivity index (χ3v) is 12.5. The van der Waals surface area contributed by atoms with Crippen molar-refractivity contribution in [1.29, 1.82) is 0 Å². The quantitative estimate of drug-likeness (QED) is 0.280. The molecule has 2 heterocycles. The SMILES string of the molecule is CC1=Cc2ccc(-c3ccncc3)cc2C1[Si](C)(C)C1C(C)=Cc2ccc(-c3ccncc3)cc21. The minimum atomic E-state index is -1.87. The molecule has 3 heteroatoms. The average Bonchev–Trinajstić information content (AvgIpc) is 3.39. The number of hydrogen-bond acceptors (Lipinski definition) is 2. The van der Waals surface area contributed by atoms with Crippen LogP contribution in [0.2, 0.25) is 13.1 Å². The molecular weight excluding hydrogens is 440 g/mol. The number of aromatic nitrogens is 2. The number of fused-ring (bicyclic) bond motifs is 2. The van der Waals surface area contributed by atoms with Crippen molar-refractivity contribution in [3.63, 3.8) is 0 Å². The lowest BCUT2D eigenvalue weighted by Gasteiger charge is -2.39. The van der Waals surface area contributed by atoms with Gasteiger partial charge in [-0.25, -0.2) is 0 Å². The summed E-state index contributed by atoms with van der Waals surface area (Å²) in [5.74, 6) is 0. The minimum Gasteiger partial charge on any atom is -0.265 e. The Bertz CT molecular complexity index is 1370. The Balaban J connectivity index is 1.44. The number of rotatable bonds is 4. The van der Waals surface area contributed by atoms with Crippen LogP contribution in [0.15, 0.2) is 96.6 Å². The summed E-state index contributed by atoms with van der Waals surface area (Å²) < 4.78 is 0. The normalized spacial score (nSPS) is 18.6. The highest BCUT2D eigenvalue weighted by Gasteiger charge is 2.46. The summed E-state index contributed by atoms with van der Waals surface area (Å²) in [5, 5.41) is 0. The van der Waals surface area contributed by atoms with Crippen LogP contribution in [0.3, 0.4) is 0 Å². The van der Waals surface area contributed by atoms with Crippen molar-refractivity contribution in [1.82, 2.24) is 9.97 Å². The first-order valence-corrected chi connectivity index (χ1v) is 15.5. The Kier molecular flexibility index (Phi) is 5.19. The van der Waals surface area contributed by atoms with Crippen LogP contribution in [0.5, 0.6) is 0 Å². The van der Waals surface area contributed by atoms with Crippen LogP contribution in [0.1, 0.15) is 47.2 Å². The van der Waals surface area contributed by atoms with Crippen LogP contribution in [0.4, 0.5) is 0 Å². The first-order valence-electron chi connectivity index (χ1n) is 12.4. The van der Waals surface area contributed by atoms with Gasteiger partial charge in [-0.2, -0.15) is 0 Å². The van der Waals surface area contributed by atoms with Gasteiger partial charge in [0.2, 0.25) is 0 Å². The molecule has 0 radical (unpaired) electrons. The topological polar surface area (TPSA) is 25.8 Å². The Hall–Kier alpha value is -3.56. The fourth-order valence-corrected chi connectivity index (χ4v) is 11.6. The summed E-state index contributed by atoms with van der Waals surface area (Å²) in [7, 11) is -1.87. The molecule has 2 aliphatic rings. The van der Waals surface area contributed by atoms with Crippen LogP contribution in [0.25, 0.3) is 34.4 Å². The van der Waals surface area contributed by atoms with Crippen LogP contribution in [0, 0.1) is 0 Å². The van der Waals surface area contributed by atoms with E-state index >= 15 is 0 Å². The van der Waals surface area contributed by atoms with Gasteiger partial charge in [0.25, 0.3) is 0 Å². The zero-order valence-corrected chi connectivity index (χ0v) is 21.8. The lowest BCUT2D eigenvalue weighted by molar-refractivity contribution is 0.969. The maximum absolute atomic E-state index is 4.21. The highest BCUT2D eigenvalue weighted by Crippen LogP contribution is 2.53. The molecule has 35 heavy (non-hydrogen) atoms. The van der Waals surface area contributed by atoms with E-state index in [4.69, 9.17) is 0 Å². The Labute approximate surface area is 209 Å². The summed E-state index contributed by atoms with van der Waals surface area (Å²) in [4.78, 5) is 8.41. The molecule has 0 aliphatic heterocycles. The standard InChI is InChI=1S/C32H30N2Si/c1-21-17-27-7-5-25(23-9-13-33-14-10-23)19-29(27)31(21)35(3,4)32-22(2)18-28-8-6-26(20-30(28)32)24-11-15-34-16-12-24/h5-20,31-32H,1-4H3. The molecule has 0 N–H and O–H groups in total. The molecule has 2 aromatic carbocycles. The van der Waals surface area contributed by atoms with E-state index in [9.17, 15) is 0 Å². The van der Waals surface area contributed by atoms with E-state index in [0.717, 1.165) is 0 Å². The molecule has 0 fully saturated rings. The Morgan fingerprint density at radius 1 is 0.543 bits per heavy atom. The third-order valence-electron chi connectivity index (χ3n) is 7.99. The molecular formula is C32H30N2Si. The van der Waals surface area contributed by atoms with Crippen molar-refractivity contribution in [2.75, 3.05) is 0 Å². The molecule has 0 spiro atoms. The number of hydrogen-bond donors (Lipinski definition) is 0. The number of nitrogens with zero attached hydrogens (tertiary/aromatic N) is 2. The maximum Gasteiger partial charge on any atom is 0.0722 e. The summed E-state index contributed by atoms with van der Waals surface area (Å²) in [5.41, 5.74) is 14.8. The monoisotopic (exact) mass is 470 g/mol. The zero-order chi connectivity index (χ0) is 24.2. The van der Waals surface area contributed by atoms with Crippen LogP contribution in [-0.2, 0) is 0 Å². The fraction of sp³-hybridized carbons (Fsp3) is 0.188. The number of pyridine rings is 2. The fourth-order valence-electron chi connectivity index (χ4n) is 6.65. The van der Waals surface area contributed by atoms with Crippen LogP contribution in [-0.4, -0.2) is 18.0 Å². The molecule has 4 aromatic rings. The van der Waals surface area contributed by atoms with E-state index in [0.29, 0.717) is 11.1 Å². The molecule has 0 amide bonds. The molecule has 172 valence electrons. The number of allylic oxidation sites excluding steroid dienone is 2. The second-order valence-electron chi connectivity index (χ2n) is 10.6. The highest BCUT2D eigenvalue weighted by atomic mass is 28.3. The van der Waals surface area contributed by atoms with Crippen molar-refractivity contribution in [2.24, 2.45) is 0 Å². The smallest absolute Gasteiger partial charge is 0.0722 e. The van der Waals surface area contributed by atoms with Gasteiger partial charge in [-0.1, -0.05) is 72.8 Å². The second-order valence-corrected chi connectivity index (χ2v) is 15.4. The van der Waals surface area contributed by atoms with Gasteiger partial charge in [0, 0.05) is 35.9 Å². The molecule has 2 nitrogen and oxygen atoms in total. The van der Waals surface area contributed by atoms with Crippen molar-refractivity contribution in [3.05, 3.63) is 119 Å². The minimum absolute atomic E-state index is 0.489. The van der Waals surface area contributed by atoms with Gasteiger partial charge in [0.1, 0.15) is 0 Å². The summed E-state index contributed by atoms with van der Waals surface area (Å²) in [6.07, 6.45) is 12.4. The van der Waals surface area contributed by atoms with E-state index in [1.165, 1.54) is 55.7 Å². The van der Waals surface area contributed by atoms with E-state index in [1.54, 1.807) is 0 Å². The molecule has 2 atom stereocenters. The van der Waals surface area contributed by atoms with Gasteiger partial charge in [0.15, 0.2) is 0 Å². The van der Waals surface area contributed by atoms with E-state index in [-0.39, 0.29) is 0 Å². The number of benzene rings is 2. The van der Waals surface area contributed by atoms with Gasteiger partial charge in [-0.3, -0.25) is 9.97 Å². The van der Waals surface area contributed by atoms with Crippen molar-refractivity contribution >= 4 is 20.2 Å². The van der Waals surface area contributed by atoms with Gasteiger partial charge < -0.3 is 0 Å². The largest absolute Gasteiger partial charge is 0.265 e. The van der Waals surface area contributed by atoms with Crippen molar-refractivity contribution in [3.8, 4) is 22.3 Å². The highest BCUT2D eigenvalue weighted by molar-refractivity contribution is 6.81. The molecule has 2 unspecified atom stereocenters. The average molecular weight is 471 g/mol. The van der Waals surface area contributed by atoms with Crippen molar-refractivity contribution < 1.29 is 0 Å². The Morgan fingerprint density at radius 3 is 1.34 bits per heavy atom. The predicted molar refractivity (Wildman–Crippen MR) is 150 cm³/mol.